The van der Waals surface area contributed by atoms with Crippen LogP contribution in [0.5, 0.6) is 0 Å². The molecule has 0 aliphatic carbocycles. The molecular weight excluding hydrogens is 666 g/mol. The fourth-order valence-electron chi connectivity index (χ4n) is 5.09. The number of rotatable bonds is 39. The smallest absolute Gasteiger partial charge is 0.320 e. The summed E-state index contributed by atoms with van der Waals surface area (Å²) in [6, 6.07) is -1.03. The Labute approximate surface area is 304 Å². The van der Waals surface area contributed by atoms with Gasteiger partial charge in [-0.15, -0.1) is 0 Å². The molecule has 2 amide bonds. The maximum Gasteiger partial charge on any atom is 0.320 e. The van der Waals surface area contributed by atoms with Crippen LogP contribution >= 0.6 is 0 Å². The largest absolute Gasteiger partial charge is 0.481 e. The van der Waals surface area contributed by atoms with Crippen LogP contribution in [0.3, 0.4) is 0 Å². The first kappa shape index (κ1) is 48.3. The topological polar surface area (TPSA) is 219 Å². The van der Waals surface area contributed by atoms with E-state index in [0.29, 0.717) is 32.8 Å². The van der Waals surface area contributed by atoms with Gasteiger partial charge in [-0.25, -0.2) is 0 Å². The van der Waals surface area contributed by atoms with E-state index in [0.717, 1.165) is 44.9 Å². The van der Waals surface area contributed by atoms with Crippen LogP contribution in [0.25, 0.3) is 0 Å². The molecular formula is C36H67N3O12. The molecule has 6 N–H and O–H groups in total. The highest BCUT2D eigenvalue weighted by Gasteiger charge is 2.21. The molecule has 0 saturated heterocycles. The molecule has 0 fully saturated rings. The van der Waals surface area contributed by atoms with Crippen LogP contribution in [0.1, 0.15) is 122 Å². The number of amides is 2. The van der Waals surface area contributed by atoms with Crippen molar-refractivity contribution < 1.29 is 58.2 Å². The monoisotopic (exact) mass is 733 g/mol. The van der Waals surface area contributed by atoms with E-state index in [9.17, 15) is 34.2 Å². The average Bonchev–Trinajstić information content (AvgIpc) is 3.08. The fourth-order valence-corrected chi connectivity index (χ4v) is 5.09. The molecule has 0 aromatic rings. The van der Waals surface area contributed by atoms with E-state index in [4.69, 9.17) is 24.1 Å². The lowest BCUT2D eigenvalue weighted by atomic mass is 10.0. The second kappa shape index (κ2) is 35.7. The number of unbranched alkanes of at least 4 members (excludes halogenated alkanes) is 13. The Balaban J connectivity index is 3.66. The molecule has 51 heavy (non-hydrogen) atoms. The number of ether oxygens (including phenoxy) is 4. The van der Waals surface area contributed by atoms with Gasteiger partial charge in [0.1, 0.15) is 25.5 Å². The van der Waals surface area contributed by atoms with Crippen molar-refractivity contribution in [2.45, 2.75) is 135 Å². The average molecular weight is 734 g/mol. The van der Waals surface area contributed by atoms with Crippen LogP contribution in [0.2, 0.25) is 0 Å². The second-order valence-corrected chi connectivity index (χ2v) is 12.7. The number of aliphatic hydroxyl groups excluding tert-OH is 1. The number of hydrogen-bond acceptors (Lipinski definition) is 11. The molecule has 0 aromatic carbocycles. The Morgan fingerprint density at radius 3 is 1.47 bits per heavy atom. The van der Waals surface area contributed by atoms with Gasteiger partial charge in [0, 0.05) is 25.9 Å². The van der Waals surface area contributed by atoms with E-state index in [-0.39, 0.29) is 76.4 Å². The van der Waals surface area contributed by atoms with Gasteiger partial charge in [0.25, 0.3) is 0 Å². The summed E-state index contributed by atoms with van der Waals surface area (Å²) < 4.78 is 21.0. The Kier molecular flexibility index (Phi) is 33.8. The molecule has 0 rings (SSSR count). The van der Waals surface area contributed by atoms with Gasteiger partial charge in [-0.1, -0.05) is 77.0 Å². The summed E-state index contributed by atoms with van der Waals surface area (Å²) in [7, 11) is 0. The van der Waals surface area contributed by atoms with E-state index in [1.807, 2.05) is 0 Å². The van der Waals surface area contributed by atoms with E-state index in [2.05, 4.69) is 16.0 Å². The number of carbonyl (C=O) groups excluding carboxylic acids is 3. The van der Waals surface area contributed by atoms with Crippen LogP contribution in [0, 0.1) is 0 Å². The second-order valence-electron chi connectivity index (χ2n) is 12.7. The number of nitrogens with one attached hydrogen (secondary N) is 3. The molecule has 0 bridgehead atoms. The number of hydrogen-bond donors (Lipinski definition) is 6. The lowest BCUT2D eigenvalue weighted by molar-refractivity contribution is -0.141. The molecule has 0 spiro atoms. The number of carboxylic acid groups (broad SMARTS) is 2. The molecule has 0 heterocycles. The third-order valence-corrected chi connectivity index (χ3v) is 7.89. The molecule has 15 heteroatoms. The van der Waals surface area contributed by atoms with Crippen molar-refractivity contribution in [2.75, 3.05) is 65.9 Å². The highest BCUT2D eigenvalue weighted by atomic mass is 16.5. The highest BCUT2D eigenvalue weighted by molar-refractivity contribution is 5.78. The minimum absolute atomic E-state index is 0.0117. The van der Waals surface area contributed by atoms with Crippen molar-refractivity contribution in [1.82, 2.24) is 16.0 Å². The van der Waals surface area contributed by atoms with Gasteiger partial charge in [0.05, 0.1) is 39.6 Å². The lowest BCUT2D eigenvalue weighted by Crippen LogP contribution is -2.44. The molecule has 0 aliphatic rings. The van der Waals surface area contributed by atoms with Gasteiger partial charge < -0.3 is 44.9 Å². The lowest BCUT2D eigenvalue weighted by Gasteiger charge is -2.19. The van der Waals surface area contributed by atoms with Crippen molar-refractivity contribution in [3.8, 4) is 0 Å². The van der Waals surface area contributed by atoms with Crippen molar-refractivity contribution in [1.29, 1.82) is 0 Å². The zero-order valence-electron chi connectivity index (χ0n) is 31.0. The van der Waals surface area contributed by atoms with Crippen LogP contribution in [-0.4, -0.2) is 123 Å². The van der Waals surface area contributed by atoms with Gasteiger partial charge in [0.2, 0.25) is 11.8 Å². The standard InChI is InChI=1S/C36H67N3O12/c1-30(40)28-50-26-24-49-23-21-38-34(43)29-51-27-25-48-22-20-37-32(41)19-18-31(36(46)47)39-33(42)16-14-12-10-8-6-4-2-3-5-7-9-11-13-15-17-35(44)45/h31,33,39,42H,2-29H2,1H3,(H,37,41)(H,38,43)(H,44,45)(H,46,47)/t31-,33?/m0/s1. The molecule has 0 aliphatic heterocycles. The van der Waals surface area contributed by atoms with E-state index in [1.165, 1.54) is 51.9 Å². The highest BCUT2D eigenvalue weighted by Crippen LogP contribution is 2.14. The minimum Gasteiger partial charge on any atom is -0.481 e. The van der Waals surface area contributed by atoms with E-state index in [1.54, 1.807) is 0 Å². The summed E-state index contributed by atoms with van der Waals surface area (Å²) in [4.78, 5) is 56.8. The third kappa shape index (κ3) is 36.9. The van der Waals surface area contributed by atoms with Gasteiger partial charge in [-0.2, -0.15) is 0 Å². The number of aliphatic hydroxyl groups is 1. The first-order chi connectivity index (χ1) is 24.6. The molecule has 0 radical (unpaired) electrons. The molecule has 0 aromatic heterocycles. The summed E-state index contributed by atoms with van der Waals surface area (Å²) in [6.45, 7) is 3.54. The maximum atomic E-state index is 12.1. The first-order valence-corrected chi connectivity index (χ1v) is 18.8. The zero-order chi connectivity index (χ0) is 37.8. The van der Waals surface area contributed by atoms with Gasteiger partial charge in [-0.3, -0.25) is 29.3 Å². The molecule has 1 unspecified atom stereocenters. The van der Waals surface area contributed by atoms with E-state index < -0.39 is 24.2 Å². The van der Waals surface area contributed by atoms with Crippen LogP contribution in [0.15, 0.2) is 0 Å². The normalized spacial score (nSPS) is 12.4. The van der Waals surface area contributed by atoms with Gasteiger partial charge >= 0.3 is 11.9 Å². The number of Topliss-reactive ketones (excluding diaryl/α,β-unsaturated/α-hetero) is 1. The third-order valence-electron chi connectivity index (χ3n) is 7.89. The van der Waals surface area contributed by atoms with Gasteiger partial charge in [-0.05, 0) is 32.6 Å². The van der Waals surface area contributed by atoms with Crippen molar-refractivity contribution in [3.63, 3.8) is 0 Å². The zero-order valence-corrected chi connectivity index (χ0v) is 31.0. The minimum atomic E-state index is -1.12. The number of ketones is 1. The van der Waals surface area contributed by atoms with Crippen molar-refractivity contribution in [3.05, 3.63) is 0 Å². The predicted octanol–water partition coefficient (Wildman–Crippen LogP) is 3.34. The number of carbonyl (C=O) groups is 5. The molecule has 2 atom stereocenters. The predicted molar refractivity (Wildman–Crippen MR) is 191 cm³/mol. The first-order valence-electron chi connectivity index (χ1n) is 18.8. The Morgan fingerprint density at radius 1 is 0.529 bits per heavy atom. The molecule has 298 valence electrons. The van der Waals surface area contributed by atoms with Crippen LogP contribution in [0.4, 0.5) is 0 Å². The summed E-state index contributed by atoms with van der Waals surface area (Å²) in [6.07, 6.45) is 15.3. The van der Waals surface area contributed by atoms with Crippen LogP contribution in [-0.2, 0) is 42.9 Å². The number of aliphatic carboxylic acids is 2. The summed E-state index contributed by atoms with van der Waals surface area (Å²) in [5.41, 5.74) is 0. The SMILES string of the molecule is CC(=O)COCCOCCNC(=O)COCCOCCNC(=O)CC[C@H](NC(O)CCCCCCCCCCCCCCCCC(=O)O)C(=O)O. The van der Waals surface area contributed by atoms with Crippen molar-refractivity contribution >= 4 is 29.5 Å². The van der Waals surface area contributed by atoms with E-state index >= 15 is 0 Å². The fraction of sp³-hybridized carbons (Fsp3) is 0.861. The summed E-state index contributed by atoms with van der Waals surface area (Å²) in [5.74, 6) is -2.48. The van der Waals surface area contributed by atoms with Crippen molar-refractivity contribution in [2.24, 2.45) is 0 Å². The Bertz CT molecular complexity index is 909. The molecule has 15 nitrogen and oxygen atoms in total. The Morgan fingerprint density at radius 2 is 0.980 bits per heavy atom. The molecule has 0 saturated carbocycles. The quantitative estimate of drug-likeness (QED) is 0.0395. The van der Waals surface area contributed by atoms with Gasteiger partial charge in [0.15, 0.2) is 5.78 Å². The maximum absolute atomic E-state index is 12.1. The number of carboxylic acids is 2. The van der Waals surface area contributed by atoms with Crippen LogP contribution < -0.4 is 16.0 Å². The summed E-state index contributed by atoms with van der Waals surface area (Å²) in [5, 5.41) is 36.5. The Hall–Kier alpha value is -2.69. The summed E-state index contributed by atoms with van der Waals surface area (Å²) >= 11 is 0.